The molecule has 0 saturated carbocycles. The largest absolute Gasteiger partial charge is 0.321 e. The van der Waals surface area contributed by atoms with Crippen molar-refractivity contribution in [3.05, 3.63) is 67.6 Å². The summed E-state index contributed by atoms with van der Waals surface area (Å²) in [5, 5.41) is 3.64. The van der Waals surface area contributed by atoms with Crippen LogP contribution < -0.4 is 5.32 Å². The van der Waals surface area contributed by atoms with E-state index < -0.39 is 0 Å². The average Bonchev–Trinajstić information content (AvgIpc) is 2.44. The summed E-state index contributed by atoms with van der Waals surface area (Å²) in [6.45, 7) is 0. The molecule has 21 heavy (non-hydrogen) atoms. The van der Waals surface area contributed by atoms with Gasteiger partial charge in [-0.3, -0.25) is 4.79 Å². The van der Waals surface area contributed by atoms with Crippen LogP contribution in [0.4, 0.5) is 5.69 Å². The van der Waals surface area contributed by atoms with Gasteiger partial charge in [-0.1, -0.05) is 62.9 Å². The second-order valence-corrected chi connectivity index (χ2v) is 6.26. The summed E-state index contributed by atoms with van der Waals surface area (Å²) in [6, 6.07) is 10.6. The summed E-state index contributed by atoms with van der Waals surface area (Å²) in [5.41, 5.74) is 1.32. The molecule has 0 radical (unpaired) electrons. The van der Waals surface area contributed by atoms with Gasteiger partial charge in [-0.05, 0) is 35.9 Å². The molecular weight excluding hydrogens is 396 g/mol. The third-order valence-corrected chi connectivity index (χ3v) is 4.13. The molecule has 2 rings (SSSR count). The molecule has 2 aromatic carbocycles. The molecule has 0 aromatic heterocycles. The Morgan fingerprint density at radius 1 is 1.00 bits per heavy atom. The molecule has 1 N–H and O–H groups in total. The van der Waals surface area contributed by atoms with Crippen LogP contribution in [0.15, 0.2) is 46.9 Å². The Hall–Kier alpha value is -1.000. The summed E-state index contributed by atoms with van der Waals surface area (Å²) in [5.74, 6) is -0.307. The number of hydrogen-bond donors (Lipinski definition) is 1. The molecule has 0 fully saturated rings. The second-order valence-electron chi connectivity index (χ2n) is 4.12. The van der Waals surface area contributed by atoms with Gasteiger partial charge in [-0.2, -0.15) is 0 Å². The van der Waals surface area contributed by atoms with Crippen molar-refractivity contribution in [3.8, 4) is 0 Å². The summed E-state index contributed by atoms with van der Waals surface area (Å²) in [7, 11) is 0. The Bertz CT molecular complexity index is 699. The van der Waals surface area contributed by atoms with Crippen LogP contribution in [0.25, 0.3) is 6.08 Å². The summed E-state index contributed by atoms with van der Waals surface area (Å²) in [4.78, 5) is 11.9. The monoisotopic (exact) mass is 403 g/mol. The maximum atomic E-state index is 11.9. The predicted molar refractivity (Wildman–Crippen MR) is 93.3 cm³/mol. The second kappa shape index (κ2) is 7.32. The molecule has 1 amide bonds. The highest BCUT2D eigenvalue weighted by Gasteiger charge is 2.07. The normalized spacial score (nSPS) is 10.9. The van der Waals surface area contributed by atoms with Crippen LogP contribution in [-0.2, 0) is 4.79 Å². The van der Waals surface area contributed by atoms with E-state index in [0.29, 0.717) is 20.8 Å². The smallest absolute Gasteiger partial charge is 0.248 e. The molecule has 0 heterocycles. The number of anilines is 1. The lowest BCUT2D eigenvalue weighted by molar-refractivity contribution is -0.111. The zero-order valence-electron chi connectivity index (χ0n) is 10.5. The average molecular weight is 406 g/mol. The molecule has 0 aliphatic heterocycles. The van der Waals surface area contributed by atoms with E-state index in [1.165, 1.54) is 18.2 Å². The lowest BCUT2D eigenvalue weighted by Crippen LogP contribution is -2.08. The lowest BCUT2D eigenvalue weighted by atomic mass is 10.2. The van der Waals surface area contributed by atoms with Crippen LogP contribution in [0.2, 0.25) is 15.1 Å². The number of hydrogen-bond acceptors (Lipinski definition) is 1. The molecule has 0 unspecified atom stereocenters. The summed E-state index contributed by atoms with van der Waals surface area (Å²) in [6.07, 6.45) is 3.12. The molecule has 0 spiro atoms. The first-order valence-corrected chi connectivity index (χ1v) is 7.77. The van der Waals surface area contributed by atoms with E-state index in [-0.39, 0.29) is 5.91 Å². The Labute approximate surface area is 145 Å². The Morgan fingerprint density at radius 2 is 1.62 bits per heavy atom. The predicted octanol–water partition coefficient (Wildman–Crippen LogP) is 6.06. The number of carbonyl (C=O) groups excluding carboxylic acids is 1. The zero-order chi connectivity index (χ0) is 15.4. The maximum Gasteiger partial charge on any atom is 0.248 e. The summed E-state index contributed by atoms with van der Waals surface area (Å²) < 4.78 is 0.978. The van der Waals surface area contributed by atoms with E-state index in [1.807, 2.05) is 24.3 Å². The Morgan fingerprint density at radius 3 is 2.29 bits per heavy atom. The molecular formula is C15H9BrCl3NO. The van der Waals surface area contributed by atoms with Gasteiger partial charge in [0.15, 0.2) is 0 Å². The van der Waals surface area contributed by atoms with Gasteiger partial charge in [0.05, 0.1) is 20.8 Å². The van der Waals surface area contributed by atoms with Crippen molar-refractivity contribution in [1.82, 2.24) is 0 Å². The molecule has 0 saturated heterocycles. The topological polar surface area (TPSA) is 29.1 Å². The van der Waals surface area contributed by atoms with Crippen molar-refractivity contribution >= 4 is 68.4 Å². The van der Waals surface area contributed by atoms with Crippen LogP contribution in [0, 0.1) is 0 Å². The SMILES string of the molecule is O=C(C=Cc1ccc(Br)cc1)Nc1cc(Cl)c(Cl)cc1Cl. The van der Waals surface area contributed by atoms with Crippen LogP contribution >= 0.6 is 50.7 Å². The molecule has 0 aliphatic rings. The number of halogens is 4. The molecule has 0 atom stereocenters. The van der Waals surface area contributed by atoms with E-state index in [1.54, 1.807) is 6.08 Å². The minimum absolute atomic E-state index is 0.307. The number of carbonyl (C=O) groups is 1. The quantitative estimate of drug-likeness (QED) is 0.488. The van der Waals surface area contributed by atoms with Crippen LogP contribution in [0.1, 0.15) is 5.56 Å². The van der Waals surface area contributed by atoms with E-state index in [4.69, 9.17) is 34.8 Å². The van der Waals surface area contributed by atoms with Crippen molar-refractivity contribution in [2.75, 3.05) is 5.32 Å². The number of benzene rings is 2. The van der Waals surface area contributed by atoms with Crippen LogP contribution in [0.5, 0.6) is 0 Å². The van der Waals surface area contributed by atoms with Crippen molar-refractivity contribution < 1.29 is 4.79 Å². The highest BCUT2D eigenvalue weighted by atomic mass is 79.9. The minimum Gasteiger partial charge on any atom is -0.321 e. The maximum absolute atomic E-state index is 11.9. The number of nitrogens with one attached hydrogen (secondary N) is 1. The molecule has 0 bridgehead atoms. The number of amides is 1. The number of rotatable bonds is 3. The lowest BCUT2D eigenvalue weighted by Gasteiger charge is -2.06. The fourth-order valence-electron chi connectivity index (χ4n) is 1.54. The van der Waals surface area contributed by atoms with Gasteiger partial charge in [0.2, 0.25) is 5.91 Å². The first-order chi connectivity index (χ1) is 9.95. The molecule has 0 aliphatic carbocycles. The third-order valence-electron chi connectivity index (χ3n) is 2.56. The molecule has 2 aromatic rings. The zero-order valence-corrected chi connectivity index (χ0v) is 14.4. The molecule has 108 valence electrons. The fourth-order valence-corrected chi connectivity index (χ4v) is 2.40. The van der Waals surface area contributed by atoms with Gasteiger partial charge in [-0.25, -0.2) is 0 Å². The Kier molecular flexibility index (Phi) is 5.71. The van der Waals surface area contributed by atoms with E-state index in [2.05, 4.69) is 21.2 Å². The van der Waals surface area contributed by atoms with Crippen LogP contribution in [-0.4, -0.2) is 5.91 Å². The third kappa shape index (κ3) is 4.75. The first kappa shape index (κ1) is 16.4. The van der Waals surface area contributed by atoms with Gasteiger partial charge in [-0.15, -0.1) is 0 Å². The van der Waals surface area contributed by atoms with Crippen LogP contribution in [0.3, 0.4) is 0 Å². The van der Waals surface area contributed by atoms with Gasteiger partial charge in [0.1, 0.15) is 0 Å². The Balaban J connectivity index is 2.08. The van der Waals surface area contributed by atoms with Crippen molar-refractivity contribution in [2.24, 2.45) is 0 Å². The molecule has 2 nitrogen and oxygen atoms in total. The van der Waals surface area contributed by atoms with Gasteiger partial charge in [0.25, 0.3) is 0 Å². The fraction of sp³-hybridized carbons (Fsp3) is 0. The van der Waals surface area contributed by atoms with E-state index in [9.17, 15) is 4.79 Å². The van der Waals surface area contributed by atoms with Gasteiger partial charge >= 0.3 is 0 Å². The summed E-state index contributed by atoms with van der Waals surface area (Å²) >= 11 is 21.1. The highest BCUT2D eigenvalue weighted by molar-refractivity contribution is 9.10. The van der Waals surface area contributed by atoms with Crippen molar-refractivity contribution in [1.29, 1.82) is 0 Å². The van der Waals surface area contributed by atoms with E-state index >= 15 is 0 Å². The van der Waals surface area contributed by atoms with Gasteiger partial charge in [0, 0.05) is 10.5 Å². The standard InChI is InChI=1S/C15H9BrCl3NO/c16-10-4-1-9(2-5-10)3-6-15(21)20-14-8-12(18)11(17)7-13(14)19/h1-8H,(H,20,21). The van der Waals surface area contributed by atoms with Crippen molar-refractivity contribution in [3.63, 3.8) is 0 Å². The van der Waals surface area contributed by atoms with Gasteiger partial charge < -0.3 is 5.32 Å². The minimum atomic E-state index is -0.307. The first-order valence-electron chi connectivity index (χ1n) is 5.85. The van der Waals surface area contributed by atoms with Crippen molar-refractivity contribution in [2.45, 2.75) is 0 Å². The molecule has 6 heteroatoms. The highest BCUT2D eigenvalue weighted by Crippen LogP contribution is 2.32. The van der Waals surface area contributed by atoms with E-state index in [0.717, 1.165) is 10.0 Å².